The van der Waals surface area contributed by atoms with Gasteiger partial charge in [0.1, 0.15) is 0 Å². The number of nitrogens with zero attached hydrogens (tertiary/aromatic N) is 2. The van der Waals surface area contributed by atoms with Crippen LogP contribution in [0.25, 0.3) is 5.52 Å². The molecule has 1 aliphatic heterocycles. The monoisotopic (exact) mass is 725 g/mol. The predicted molar refractivity (Wildman–Crippen MR) is 186 cm³/mol. The topological polar surface area (TPSA) is 88.9 Å². The van der Waals surface area contributed by atoms with E-state index in [9.17, 15) is 18.0 Å². The minimum atomic E-state index is -4.36. The van der Waals surface area contributed by atoms with Crippen molar-refractivity contribution in [1.29, 1.82) is 0 Å². The van der Waals surface area contributed by atoms with Gasteiger partial charge in [-0.2, -0.15) is 0 Å². The van der Waals surface area contributed by atoms with Crippen molar-refractivity contribution in [3.63, 3.8) is 0 Å². The molecule has 1 fully saturated rings. The van der Waals surface area contributed by atoms with Crippen LogP contribution in [0.15, 0.2) is 36.4 Å². The predicted octanol–water partition coefficient (Wildman–Crippen LogP) is 7.00. The van der Waals surface area contributed by atoms with Gasteiger partial charge in [-0.05, 0) is 6.92 Å². The van der Waals surface area contributed by atoms with E-state index >= 15 is 0 Å². The molecule has 1 aromatic carbocycles. The Labute approximate surface area is 284 Å². The molecule has 1 unspecified atom stereocenters. The second-order valence-corrected chi connectivity index (χ2v) is 13.0. The molecule has 0 saturated carbocycles. The number of hydrogen-bond donors (Lipinski definition) is 3. The van der Waals surface area contributed by atoms with Gasteiger partial charge < -0.3 is 4.74 Å². The summed E-state index contributed by atoms with van der Waals surface area (Å²) in [4.78, 5) is 12.8. The molecule has 0 spiro atoms. The van der Waals surface area contributed by atoms with Crippen molar-refractivity contribution in [3.8, 4) is 17.6 Å². The summed E-state index contributed by atoms with van der Waals surface area (Å²) in [7, 11) is 1.51. The Morgan fingerprint density at radius 1 is 1.15 bits per heavy atom. The third kappa shape index (κ3) is 11.7. The maximum atomic E-state index is 13.7. The van der Waals surface area contributed by atoms with E-state index in [1.165, 1.54) is 7.11 Å². The zero-order valence-corrected chi connectivity index (χ0v) is 30.6. The fourth-order valence-electron chi connectivity index (χ4n) is 4.76. The minimum absolute atomic E-state index is 0.0970. The van der Waals surface area contributed by atoms with Gasteiger partial charge in [0.2, 0.25) is 0 Å². The van der Waals surface area contributed by atoms with Gasteiger partial charge in [-0.25, -0.2) is 0 Å². The van der Waals surface area contributed by atoms with Gasteiger partial charge in [-0.1, -0.05) is 27.7 Å². The van der Waals surface area contributed by atoms with Crippen LogP contribution in [0.2, 0.25) is 0 Å². The first-order valence-electron chi connectivity index (χ1n) is 16.4. The Balaban J connectivity index is 0.00000185. The molecule has 0 radical (unpaired) electrons. The molecule has 1 aliphatic rings. The number of nitrogens with one attached hydrogen (secondary N) is 3. The quantitative estimate of drug-likeness (QED) is 0.100. The molecule has 4 rings (SSSR count). The standard InChI is InChI=1S/C31H38F3N5O3Se.2C2H6/c1-5-7-8-11-22(6-2)36-27-14-9-13-25-28(43-31(32,33)34)23(38-39(25)27)12-10-17-35-24-18-21(15-16-26(24)41-4)29(40)37-30(3)19-42-20-30;2*1-2/h9,13-16,18,22,35-36H,5-8,11,17,19-20H2,1-4H3,(H,37,40);2*1-2H3. The normalized spacial score (nSPS) is 13.8. The first kappa shape index (κ1) is 39.8. The fraction of sp³-hybridized carbons (Fsp3) is 0.543. The Morgan fingerprint density at radius 2 is 1.87 bits per heavy atom. The number of unbranched alkanes of at least 4 members (excludes halogenated alkanes) is 2. The number of ether oxygens (including phenoxy) is 2. The number of rotatable bonds is 13. The fourth-order valence-corrected chi connectivity index (χ4v) is 6.19. The van der Waals surface area contributed by atoms with Crippen molar-refractivity contribution in [2.75, 3.05) is 37.5 Å². The van der Waals surface area contributed by atoms with Crippen LogP contribution in [0.3, 0.4) is 0 Å². The zero-order valence-electron chi connectivity index (χ0n) is 28.9. The van der Waals surface area contributed by atoms with E-state index in [1.807, 2.05) is 40.7 Å². The summed E-state index contributed by atoms with van der Waals surface area (Å²) in [5.74, 6) is 6.68. The van der Waals surface area contributed by atoms with E-state index in [1.54, 1.807) is 34.8 Å². The molecule has 1 saturated heterocycles. The molecule has 47 heavy (non-hydrogen) atoms. The van der Waals surface area contributed by atoms with E-state index in [-0.39, 0.29) is 28.6 Å². The molecular weight excluding hydrogens is 674 g/mol. The van der Waals surface area contributed by atoms with Crippen molar-refractivity contribution in [1.82, 2.24) is 14.9 Å². The third-order valence-corrected chi connectivity index (χ3v) is 8.88. The maximum absolute atomic E-state index is 13.7. The number of halogens is 3. The van der Waals surface area contributed by atoms with Crippen LogP contribution >= 0.6 is 0 Å². The molecule has 1 amide bonds. The molecule has 260 valence electrons. The van der Waals surface area contributed by atoms with Gasteiger partial charge in [-0.3, -0.25) is 0 Å². The summed E-state index contributed by atoms with van der Waals surface area (Å²) < 4.78 is 53.2. The average molecular weight is 725 g/mol. The summed E-state index contributed by atoms with van der Waals surface area (Å²) in [5.41, 5.74) is 1.06. The van der Waals surface area contributed by atoms with Gasteiger partial charge >= 0.3 is 232 Å². The number of alkyl halides is 3. The first-order chi connectivity index (χ1) is 22.6. The SMILES string of the molecule is CC.CC.CCCCCC(CC)Nc1cccc2c([Se]C(F)(F)F)c(C#CCNc3cc(C(=O)NC4(C)COC4)ccc3OC)nn12. The van der Waals surface area contributed by atoms with E-state index in [0.29, 0.717) is 41.5 Å². The number of aromatic nitrogens is 2. The molecule has 2 aromatic heterocycles. The van der Waals surface area contributed by atoms with E-state index < -0.39 is 25.6 Å². The van der Waals surface area contributed by atoms with Crippen LogP contribution in [0.1, 0.15) is 96.6 Å². The van der Waals surface area contributed by atoms with Crippen molar-refractivity contribution in [3.05, 3.63) is 47.7 Å². The van der Waals surface area contributed by atoms with Crippen molar-refractivity contribution in [2.24, 2.45) is 0 Å². The summed E-state index contributed by atoms with van der Waals surface area (Å²) in [6.45, 7) is 15.2. The summed E-state index contributed by atoms with van der Waals surface area (Å²) >= 11 is -1.83. The number of hydrogen-bond acceptors (Lipinski definition) is 6. The van der Waals surface area contributed by atoms with Crippen molar-refractivity contribution < 1.29 is 27.4 Å². The Kier molecular flexibility index (Phi) is 16.5. The van der Waals surface area contributed by atoms with E-state index in [2.05, 4.69) is 46.7 Å². The van der Waals surface area contributed by atoms with Gasteiger partial charge in [0.25, 0.3) is 0 Å². The second kappa shape index (κ2) is 19.4. The van der Waals surface area contributed by atoms with Crippen LogP contribution in [0, 0.1) is 11.8 Å². The molecule has 1 atom stereocenters. The molecule has 8 nitrogen and oxygen atoms in total. The summed E-state index contributed by atoms with van der Waals surface area (Å²) in [5, 5.41) is 9.73. The number of fused-ring (bicyclic) bond motifs is 1. The van der Waals surface area contributed by atoms with Crippen LogP contribution in [0.4, 0.5) is 24.7 Å². The average Bonchev–Trinajstić information content (AvgIpc) is 3.39. The summed E-state index contributed by atoms with van der Waals surface area (Å²) in [6, 6.07) is 10.4. The number of methoxy groups -OCH3 is 1. The van der Waals surface area contributed by atoms with Gasteiger partial charge in [0, 0.05) is 0 Å². The molecule has 3 aromatic rings. The number of carbonyl (C=O) groups is 1. The number of amides is 1. The van der Waals surface area contributed by atoms with Gasteiger partial charge in [0.05, 0.1) is 13.2 Å². The number of carbonyl (C=O) groups excluding carboxylic acids is 1. The molecule has 3 N–H and O–H groups in total. The van der Waals surface area contributed by atoms with Crippen LogP contribution in [-0.4, -0.2) is 74.0 Å². The second-order valence-electron chi connectivity index (χ2n) is 10.8. The molecule has 3 heterocycles. The van der Waals surface area contributed by atoms with Gasteiger partial charge in [-0.15, -0.1) is 0 Å². The van der Waals surface area contributed by atoms with Crippen LogP contribution in [-0.2, 0) is 4.74 Å². The summed E-state index contributed by atoms with van der Waals surface area (Å²) in [6.07, 6.45) is 5.19. The Hall–Kier alpha value is -3.39. The Bertz CT molecular complexity index is 1480. The van der Waals surface area contributed by atoms with Crippen molar-refractivity contribution in [2.45, 2.75) is 97.2 Å². The Morgan fingerprint density at radius 3 is 2.47 bits per heavy atom. The van der Waals surface area contributed by atoms with Crippen LogP contribution in [0.5, 0.6) is 5.75 Å². The molecular formula is C35H50F3N5O3Se. The molecule has 0 bridgehead atoms. The number of benzene rings is 1. The zero-order chi connectivity index (χ0) is 35.0. The molecule has 12 heteroatoms. The van der Waals surface area contributed by atoms with Crippen LogP contribution < -0.4 is 25.1 Å². The first-order valence-corrected chi connectivity index (χ1v) is 18.1. The molecule has 0 aliphatic carbocycles. The third-order valence-electron chi connectivity index (χ3n) is 7.12. The van der Waals surface area contributed by atoms with E-state index in [0.717, 1.165) is 32.1 Å². The van der Waals surface area contributed by atoms with Gasteiger partial charge in [0.15, 0.2) is 0 Å². The number of anilines is 2. The van der Waals surface area contributed by atoms with Crippen molar-refractivity contribution >= 4 is 42.3 Å². The van der Waals surface area contributed by atoms with E-state index in [4.69, 9.17) is 9.47 Å². The number of pyridine rings is 1.